The van der Waals surface area contributed by atoms with Gasteiger partial charge in [-0.2, -0.15) is 0 Å². The fraction of sp³-hybridized carbons (Fsp3) is 0.133. The van der Waals surface area contributed by atoms with E-state index in [1.54, 1.807) is 30.3 Å². The van der Waals surface area contributed by atoms with Crippen LogP contribution in [0.25, 0.3) is 0 Å². The number of rotatable bonds is 3. The molecule has 1 unspecified atom stereocenters. The summed E-state index contributed by atoms with van der Waals surface area (Å²) in [5.41, 5.74) is 7.86. The van der Waals surface area contributed by atoms with Gasteiger partial charge in [-0.1, -0.05) is 35.3 Å². The van der Waals surface area contributed by atoms with Crippen molar-refractivity contribution >= 4 is 34.8 Å². The SMILES string of the molecule is CC(N)c1cccc(C(=O)Nc2ccc(Cl)c(Cl)c2)c1. The average molecular weight is 309 g/mol. The predicted octanol–water partition coefficient (Wildman–Crippen LogP) is 4.27. The second-order valence-corrected chi connectivity index (χ2v) is 5.31. The van der Waals surface area contributed by atoms with E-state index in [-0.39, 0.29) is 11.9 Å². The Morgan fingerprint density at radius 3 is 2.55 bits per heavy atom. The number of halogens is 2. The number of benzene rings is 2. The molecule has 1 atom stereocenters. The fourth-order valence-corrected chi connectivity index (χ4v) is 2.04. The molecule has 0 aliphatic heterocycles. The Labute approximate surface area is 127 Å². The Morgan fingerprint density at radius 1 is 1.15 bits per heavy atom. The van der Waals surface area contributed by atoms with Crippen LogP contribution in [-0.2, 0) is 0 Å². The lowest BCUT2D eigenvalue weighted by molar-refractivity contribution is 0.102. The second-order valence-electron chi connectivity index (χ2n) is 4.50. The van der Waals surface area contributed by atoms with Gasteiger partial charge in [0.05, 0.1) is 10.0 Å². The van der Waals surface area contributed by atoms with E-state index in [1.165, 1.54) is 0 Å². The standard InChI is InChI=1S/C15H14Cl2N2O/c1-9(18)10-3-2-4-11(7-10)15(20)19-12-5-6-13(16)14(17)8-12/h2-9H,18H2,1H3,(H,19,20). The summed E-state index contributed by atoms with van der Waals surface area (Å²) in [4.78, 5) is 12.2. The van der Waals surface area contributed by atoms with Gasteiger partial charge < -0.3 is 11.1 Å². The molecular weight excluding hydrogens is 295 g/mol. The molecule has 2 aromatic rings. The molecule has 0 aliphatic rings. The van der Waals surface area contributed by atoms with Crippen LogP contribution >= 0.6 is 23.2 Å². The number of nitrogens with two attached hydrogens (primary N) is 1. The quantitative estimate of drug-likeness (QED) is 0.890. The lowest BCUT2D eigenvalue weighted by Gasteiger charge is -2.09. The van der Waals surface area contributed by atoms with Gasteiger partial charge in [-0.3, -0.25) is 4.79 Å². The molecule has 1 amide bonds. The molecule has 0 saturated carbocycles. The molecule has 104 valence electrons. The van der Waals surface area contributed by atoms with Crippen molar-refractivity contribution in [3.05, 3.63) is 63.6 Å². The number of nitrogens with one attached hydrogen (secondary N) is 1. The van der Waals surface area contributed by atoms with Crippen molar-refractivity contribution in [2.45, 2.75) is 13.0 Å². The van der Waals surface area contributed by atoms with Crippen molar-refractivity contribution in [2.24, 2.45) is 5.73 Å². The van der Waals surface area contributed by atoms with Crippen molar-refractivity contribution in [3.8, 4) is 0 Å². The molecule has 3 nitrogen and oxygen atoms in total. The Morgan fingerprint density at radius 2 is 1.90 bits per heavy atom. The first-order valence-electron chi connectivity index (χ1n) is 6.09. The van der Waals surface area contributed by atoms with E-state index < -0.39 is 0 Å². The predicted molar refractivity (Wildman–Crippen MR) is 83.5 cm³/mol. The number of hydrogen-bond acceptors (Lipinski definition) is 2. The van der Waals surface area contributed by atoms with Gasteiger partial charge in [0.2, 0.25) is 0 Å². The van der Waals surface area contributed by atoms with E-state index in [4.69, 9.17) is 28.9 Å². The minimum absolute atomic E-state index is 0.118. The molecule has 5 heteroatoms. The molecule has 0 heterocycles. The Kier molecular flexibility index (Phi) is 4.65. The average Bonchev–Trinajstić information content (AvgIpc) is 2.43. The maximum Gasteiger partial charge on any atom is 0.255 e. The maximum absolute atomic E-state index is 12.2. The number of amides is 1. The van der Waals surface area contributed by atoms with Crippen molar-refractivity contribution in [1.29, 1.82) is 0 Å². The monoisotopic (exact) mass is 308 g/mol. The highest BCUT2D eigenvalue weighted by Gasteiger charge is 2.09. The van der Waals surface area contributed by atoms with Gasteiger partial charge >= 0.3 is 0 Å². The topological polar surface area (TPSA) is 55.1 Å². The van der Waals surface area contributed by atoms with Crippen LogP contribution in [0.1, 0.15) is 28.9 Å². The summed E-state index contributed by atoms with van der Waals surface area (Å²) in [6.07, 6.45) is 0. The van der Waals surface area contributed by atoms with Crippen LogP contribution < -0.4 is 11.1 Å². The van der Waals surface area contributed by atoms with Crippen LogP contribution in [0.15, 0.2) is 42.5 Å². The van der Waals surface area contributed by atoms with Crippen LogP contribution in [0.3, 0.4) is 0 Å². The number of carbonyl (C=O) groups is 1. The summed E-state index contributed by atoms with van der Waals surface area (Å²) in [7, 11) is 0. The van der Waals surface area contributed by atoms with Gasteiger partial charge in [-0.15, -0.1) is 0 Å². The summed E-state index contributed by atoms with van der Waals surface area (Å²) in [6.45, 7) is 1.87. The highest BCUT2D eigenvalue weighted by molar-refractivity contribution is 6.42. The molecule has 0 spiro atoms. The van der Waals surface area contributed by atoms with Gasteiger partial charge in [0.15, 0.2) is 0 Å². The maximum atomic E-state index is 12.2. The third-order valence-corrected chi connectivity index (χ3v) is 3.59. The van der Waals surface area contributed by atoms with Crippen molar-refractivity contribution in [1.82, 2.24) is 0 Å². The summed E-state index contributed by atoms with van der Waals surface area (Å²) >= 11 is 11.7. The van der Waals surface area contributed by atoms with Crippen LogP contribution in [0.5, 0.6) is 0 Å². The summed E-state index contributed by atoms with van der Waals surface area (Å²) in [5.74, 6) is -0.217. The zero-order valence-electron chi connectivity index (χ0n) is 10.9. The molecule has 0 bridgehead atoms. The lowest BCUT2D eigenvalue weighted by Crippen LogP contribution is -2.13. The molecule has 0 fully saturated rings. The molecular formula is C15H14Cl2N2O. The van der Waals surface area contributed by atoms with Crippen molar-refractivity contribution < 1.29 is 4.79 Å². The van der Waals surface area contributed by atoms with Crippen LogP contribution in [0.4, 0.5) is 5.69 Å². The van der Waals surface area contributed by atoms with Gasteiger partial charge in [0.1, 0.15) is 0 Å². The fourth-order valence-electron chi connectivity index (χ4n) is 1.74. The molecule has 2 aromatic carbocycles. The Balaban J connectivity index is 2.19. The van der Waals surface area contributed by atoms with E-state index in [2.05, 4.69) is 5.32 Å². The van der Waals surface area contributed by atoms with E-state index in [0.29, 0.717) is 21.3 Å². The first kappa shape index (κ1) is 14.9. The lowest BCUT2D eigenvalue weighted by atomic mass is 10.1. The number of carbonyl (C=O) groups excluding carboxylic acids is 1. The highest BCUT2D eigenvalue weighted by Crippen LogP contribution is 2.25. The van der Waals surface area contributed by atoms with E-state index >= 15 is 0 Å². The van der Waals surface area contributed by atoms with Gasteiger partial charge in [-0.05, 0) is 42.8 Å². The smallest absolute Gasteiger partial charge is 0.255 e. The van der Waals surface area contributed by atoms with Crippen molar-refractivity contribution in [3.63, 3.8) is 0 Å². The molecule has 0 saturated heterocycles. The minimum atomic E-state index is -0.217. The molecule has 3 N–H and O–H groups in total. The number of hydrogen-bond donors (Lipinski definition) is 2. The summed E-state index contributed by atoms with van der Waals surface area (Å²) < 4.78 is 0. The Hall–Kier alpha value is -1.55. The molecule has 0 radical (unpaired) electrons. The molecule has 0 aromatic heterocycles. The van der Waals surface area contributed by atoms with Crippen molar-refractivity contribution in [2.75, 3.05) is 5.32 Å². The van der Waals surface area contributed by atoms with E-state index in [9.17, 15) is 4.79 Å². The van der Waals surface area contributed by atoms with Crippen LogP contribution in [-0.4, -0.2) is 5.91 Å². The first-order chi connectivity index (χ1) is 9.47. The second kappa shape index (κ2) is 6.27. The normalized spacial score (nSPS) is 12.0. The Bertz CT molecular complexity index is 642. The van der Waals surface area contributed by atoms with E-state index in [1.807, 2.05) is 19.1 Å². The minimum Gasteiger partial charge on any atom is -0.324 e. The highest BCUT2D eigenvalue weighted by atomic mass is 35.5. The largest absolute Gasteiger partial charge is 0.324 e. The number of anilines is 1. The summed E-state index contributed by atoms with van der Waals surface area (Å²) in [6, 6.07) is 12.0. The van der Waals surface area contributed by atoms with E-state index in [0.717, 1.165) is 5.56 Å². The van der Waals surface area contributed by atoms with Crippen LogP contribution in [0, 0.1) is 0 Å². The van der Waals surface area contributed by atoms with Gasteiger partial charge in [-0.25, -0.2) is 0 Å². The zero-order chi connectivity index (χ0) is 14.7. The zero-order valence-corrected chi connectivity index (χ0v) is 12.4. The van der Waals surface area contributed by atoms with Gasteiger partial charge in [0.25, 0.3) is 5.91 Å². The summed E-state index contributed by atoms with van der Waals surface area (Å²) in [5, 5.41) is 3.61. The molecule has 2 rings (SSSR count). The third-order valence-electron chi connectivity index (χ3n) is 2.85. The van der Waals surface area contributed by atoms with Gasteiger partial charge in [0, 0.05) is 17.3 Å². The molecule has 0 aliphatic carbocycles. The molecule has 20 heavy (non-hydrogen) atoms. The first-order valence-corrected chi connectivity index (χ1v) is 6.85. The third kappa shape index (κ3) is 3.51. The van der Waals surface area contributed by atoms with Crippen LogP contribution in [0.2, 0.25) is 10.0 Å².